The molecule has 110 valence electrons. The molecule has 0 saturated carbocycles. The molecule has 22 heavy (non-hydrogen) atoms. The normalized spacial score (nSPS) is 10.9. The summed E-state index contributed by atoms with van der Waals surface area (Å²) in [5.74, 6) is 0.173. The molecule has 2 aromatic carbocycles. The van der Waals surface area contributed by atoms with Crippen LogP contribution in [0.5, 0.6) is 5.75 Å². The molecule has 2 rings (SSSR count). The zero-order valence-corrected chi connectivity index (χ0v) is 12.4. The minimum atomic E-state index is -0.523. The largest absolute Gasteiger partial charge is 0.490 e. The van der Waals surface area contributed by atoms with Gasteiger partial charge in [-0.2, -0.15) is 5.26 Å². The molecule has 0 heterocycles. The lowest BCUT2D eigenvalue weighted by Gasteiger charge is -2.03. The van der Waals surface area contributed by atoms with Gasteiger partial charge in [-0.05, 0) is 35.4 Å². The highest BCUT2D eigenvalue weighted by Gasteiger charge is 2.14. The standard InChI is InChI=1S/C16H11ClN2O3/c1-22-16-7-2-11(9-15(16)19(20)21)8-13(10-18)12-3-5-14(17)6-4-12/h2-9H,1H3/b13-8+. The lowest BCUT2D eigenvalue weighted by Crippen LogP contribution is -1.94. The third kappa shape index (κ3) is 3.43. The van der Waals surface area contributed by atoms with E-state index in [1.807, 2.05) is 0 Å². The highest BCUT2D eigenvalue weighted by Crippen LogP contribution is 2.29. The molecule has 0 aliphatic rings. The summed E-state index contributed by atoms with van der Waals surface area (Å²) >= 11 is 5.82. The number of allylic oxidation sites excluding steroid dienone is 1. The average molecular weight is 315 g/mol. The van der Waals surface area contributed by atoms with E-state index in [1.54, 1.807) is 36.4 Å². The van der Waals surface area contributed by atoms with Crippen molar-refractivity contribution in [2.75, 3.05) is 7.11 Å². The number of nitriles is 1. The maximum absolute atomic E-state index is 11.0. The first-order valence-electron chi connectivity index (χ1n) is 6.25. The first-order chi connectivity index (χ1) is 10.5. The van der Waals surface area contributed by atoms with Crippen molar-refractivity contribution in [3.63, 3.8) is 0 Å². The second-order valence-corrected chi connectivity index (χ2v) is 4.80. The van der Waals surface area contributed by atoms with Crippen LogP contribution in [-0.4, -0.2) is 12.0 Å². The number of nitro groups is 1. The van der Waals surface area contributed by atoms with Crippen LogP contribution in [0.3, 0.4) is 0 Å². The van der Waals surface area contributed by atoms with E-state index in [9.17, 15) is 15.4 Å². The summed E-state index contributed by atoms with van der Waals surface area (Å²) in [5.41, 5.74) is 1.46. The van der Waals surface area contributed by atoms with Crippen LogP contribution in [0.25, 0.3) is 11.6 Å². The molecule has 0 amide bonds. The number of nitrogens with zero attached hydrogens (tertiary/aromatic N) is 2. The molecule has 0 bridgehead atoms. The Balaban J connectivity index is 2.46. The minimum absolute atomic E-state index is 0.148. The second-order valence-electron chi connectivity index (χ2n) is 4.37. The summed E-state index contributed by atoms with van der Waals surface area (Å²) in [5, 5.41) is 20.9. The molecular formula is C16H11ClN2O3. The fourth-order valence-corrected chi connectivity index (χ4v) is 2.04. The maximum Gasteiger partial charge on any atom is 0.311 e. The van der Waals surface area contributed by atoms with Crippen LogP contribution in [0.1, 0.15) is 11.1 Å². The predicted molar refractivity (Wildman–Crippen MR) is 84.6 cm³/mol. The minimum Gasteiger partial charge on any atom is -0.490 e. The van der Waals surface area contributed by atoms with Crippen molar-refractivity contribution in [3.05, 3.63) is 68.7 Å². The zero-order chi connectivity index (χ0) is 16.1. The summed E-state index contributed by atoms with van der Waals surface area (Å²) in [6.07, 6.45) is 1.58. The van der Waals surface area contributed by atoms with Crippen LogP contribution < -0.4 is 4.74 Å². The molecule has 0 spiro atoms. The SMILES string of the molecule is COc1ccc(/C=C(\C#N)c2ccc(Cl)cc2)cc1[N+](=O)[O-]. The molecule has 0 radical (unpaired) electrons. The quantitative estimate of drug-likeness (QED) is 0.364. The number of rotatable bonds is 4. The molecule has 2 aromatic rings. The maximum atomic E-state index is 11.0. The topological polar surface area (TPSA) is 76.2 Å². The molecule has 0 aliphatic carbocycles. The van der Waals surface area contributed by atoms with Gasteiger partial charge in [-0.25, -0.2) is 0 Å². The molecule has 5 nitrogen and oxygen atoms in total. The average Bonchev–Trinajstić information content (AvgIpc) is 2.53. The van der Waals surface area contributed by atoms with Gasteiger partial charge in [0, 0.05) is 11.1 Å². The third-order valence-electron chi connectivity index (χ3n) is 2.99. The van der Waals surface area contributed by atoms with Crippen LogP contribution in [0, 0.1) is 21.4 Å². The third-order valence-corrected chi connectivity index (χ3v) is 3.24. The number of benzene rings is 2. The van der Waals surface area contributed by atoms with E-state index in [2.05, 4.69) is 6.07 Å². The van der Waals surface area contributed by atoms with E-state index in [0.717, 1.165) is 0 Å². The van der Waals surface area contributed by atoms with Crippen molar-refractivity contribution in [1.82, 2.24) is 0 Å². The second kappa shape index (κ2) is 6.74. The van der Waals surface area contributed by atoms with Crippen LogP contribution in [0.15, 0.2) is 42.5 Å². The van der Waals surface area contributed by atoms with Crippen molar-refractivity contribution < 1.29 is 9.66 Å². The number of halogens is 1. The molecule has 0 unspecified atom stereocenters. The van der Waals surface area contributed by atoms with Crippen molar-refractivity contribution in [2.45, 2.75) is 0 Å². The summed E-state index contributed by atoms with van der Waals surface area (Å²) in [6, 6.07) is 13.4. The molecule has 0 saturated heterocycles. The molecule has 0 aromatic heterocycles. The van der Waals surface area contributed by atoms with E-state index >= 15 is 0 Å². The number of hydrogen-bond acceptors (Lipinski definition) is 4. The van der Waals surface area contributed by atoms with Gasteiger partial charge in [0.1, 0.15) is 0 Å². The first-order valence-corrected chi connectivity index (χ1v) is 6.63. The first kappa shape index (κ1) is 15.5. The molecular weight excluding hydrogens is 304 g/mol. The van der Waals surface area contributed by atoms with Gasteiger partial charge in [0.15, 0.2) is 5.75 Å². The van der Waals surface area contributed by atoms with Crippen LogP contribution >= 0.6 is 11.6 Å². The Morgan fingerprint density at radius 1 is 1.32 bits per heavy atom. The van der Waals surface area contributed by atoms with Crippen molar-refractivity contribution in [3.8, 4) is 11.8 Å². The Hall–Kier alpha value is -2.84. The Bertz CT molecular complexity index is 777. The number of methoxy groups -OCH3 is 1. The molecule has 6 heteroatoms. The van der Waals surface area contributed by atoms with E-state index in [1.165, 1.54) is 19.2 Å². The highest BCUT2D eigenvalue weighted by molar-refractivity contribution is 6.30. The van der Waals surface area contributed by atoms with E-state index in [4.69, 9.17) is 16.3 Å². The van der Waals surface area contributed by atoms with E-state index in [0.29, 0.717) is 21.7 Å². The summed E-state index contributed by atoms with van der Waals surface area (Å²) < 4.78 is 4.95. The summed E-state index contributed by atoms with van der Waals surface area (Å²) in [4.78, 5) is 10.5. The van der Waals surface area contributed by atoms with Crippen LogP contribution in [0.2, 0.25) is 5.02 Å². The van der Waals surface area contributed by atoms with Gasteiger partial charge in [-0.15, -0.1) is 0 Å². The van der Waals surface area contributed by atoms with Gasteiger partial charge in [0.2, 0.25) is 0 Å². The van der Waals surface area contributed by atoms with Crippen LogP contribution in [-0.2, 0) is 0 Å². The predicted octanol–water partition coefficient (Wildman–Crippen LogP) is 4.32. The molecule has 0 atom stereocenters. The summed E-state index contributed by atoms with van der Waals surface area (Å²) in [6.45, 7) is 0. The van der Waals surface area contributed by atoms with Crippen molar-refractivity contribution in [1.29, 1.82) is 5.26 Å². The number of nitro benzene ring substituents is 1. The zero-order valence-electron chi connectivity index (χ0n) is 11.6. The van der Waals surface area contributed by atoms with Gasteiger partial charge < -0.3 is 4.74 Å². The van der Waals surface area contributed by atoms with Gasteiger partial charge in [-0.1, -0.05) is 29.8 Å². The van der Waals surface area contributed by atoms with Crippen molar-refractivity contribution >= 4 is 28.9 Å². The Labute approximate surface area is 132 Å². The lowest BCUT2D eigenvalue weighted by molar-refractivity contribution is -0.385. The lowest BCUT2D eigenvalue weighted by atomic mass is 10.0. The van der Waals surface area contributed by atoms with Crippen molar-refractivity contribution in [2.24, 2.45) is 0 Å². The van der Waals surface area contributed by atoms with E-state index < -0.39 is 4.92 Å². The number of hydrogen-bond donors (Lipinski definition) is 0. The Morgan fingerprint density at radius 2 is 2.00 bits per heavy atom. The molecule has 0 aliphatic heterocycles. The Morgan fingerprint density at radius 3 is 2.55 bits per heavy atom. The fourth-order valence-electron chi connectivity index (χ4n) is 1.92. The van der Waals surface area contributed by atoms with E-state index in [-0.39, 0.29) is 11.4 Å². The van der Waals surface area contributed by atoms with Gasteiger partial charge in [-0.3, -0.25) is 10.1 Å². The van der Waals surface area contributed by atoms with Gasteiger partial charge in [0.05, 0.1) is 23.7 Å². The smallest absolute Gasteiger partial charge is 0.311 e. The molecule has 0 fully saturated rings. The Kier molecular flexibility index (Phi) is 4.77. The number of ether oxygens (including phenoxy) is 1. The highest BCUT2D eigenvalue weighted by atomic mass is 35.5. The van der Waals surface area contributed by atoms with Gasteiger partial charge >= 0.3 is 5.69 Å². The molecule has 0 N–H and O–H groups in total. The fraction of sp³-hybridized carbons (Fsp3) is 0.0625. The summed E-state index contributed by atoms with van der Waals surface area (Å²) in [7, 11) is 1.37. The monoisotopic (exact) mass is 314 g/mol. The van der Waals surface area contributed by atoms with Gasteiger partial charge in [0.25, 0.3) is 0 Å². The van der Waals surface area contributed by atoms with Crippen LogP contribution in [0.4, 0.5) is 5.69 Å².